The Morgan fingerprint density at radius 3 is 1.53 bits per heavy atom. The summed E-state index contributed by atoms with van der Waals surface area (Å²) in [6.45, 7) is 7.26. The first-order chi connectivity index (χ1) is 20.6. The van der Waals surface area contributed by atoms with Gasteiger partial charge in [0, 0.05) is 22.3 Å². The topological polar surface area (TPSA) is 29.5 Å². The van der Waals surface area contributed by atoms with E-state index < -0.39 is 11.2 Å². The number of halogens is 2. The summed E-state index contributed by atoms with van der Waals surface area (Å²) in [5.41, 5.74) is 5.53. The minimum absolute atomic E-state index is 0.301. The van der Waals surface area contributed by atoms with Gasteiger partial charge in [0.05, 0.1) is 11.2 Å². The van der Waals surface area contributed by atoms with E-state index in [-0.39, 0.29) is 11.6 Å². The molecule has 0 unspecified atom stereocenters. The first kappa shape index (κ1) is 27.5. The van der Waals surface area contributed by atoms with Gasteiger partial charge >= 0.3 is 7.48 Å². The Morgan fingerprint density at radius 1 is 0.535 bits per heavy atom. The predicted octanol–water partition coefficient (Wildman–Crippen LogP) is 8.80. The standard InChI is InChI=1S/C38H31BF2O2/c1-37(2,42)38(3,4)43-39-29-21-20-28-32-24(29)16-11-17-27(32)35-33(25-14-7-9-18-30(25)40)22-12-5-6-13-23(22)34(36(28)35)26-15-8-10-19-31(26)41/h5-21,39,42H,1-4H3. The van der Waals surface area contributed by atoms with Crippen LogP contribution in [0.5, 0.6) is 0 Å². The summed E-state index contributed by atoms with van der Waals surface area (Å²) in [7, 11) is 0.301. The van der Waals surface area contributed by atoms with E-state index in [0.29, 0.717) is 18.6 Å². The molecule has 0 radical (unpaired) electrons. The van der Waals surface area contributed by atoms with E-state index in [4.69, 9.17) is 4.65 Å². The van der Waals surface area contributed by atoms with Crippen LogP contribution in [0, 0.1) is 11.6 Å². The second-order valence-corrected chi connectivity index (χ2v) is 12.4. The summed E-state index contributed by atoms with van der Waals surface area (Å²) in [4.78, 5) is 0. The minimum atomic E-state index is -1.04. The van der Waals surface area contributed by atoms with Crippen molar-refractivity contribution in [1.29, 1.82) is 0 Å². The molecule has 0 aliphatic heterocycles. The molecule has 2 nitrogen and oxygen atoms in total. The van der Waals surface area contributed by atoms with Gasteiger partial charge in [-0.1, -0.05) is 91.0 Å². The maximum absolute atomic E-state index is 15.7. The second kappa shape index (κ2) is 9.87. The van der Waals surface area contributed by atoms with Gasteiger partial charge in [-0.15, -0.1) is 0 Å². The van der Waals surface area contributed by atoms with Crippen LogP contribution in [0.1, 0.15) is 27.7 Å². The van der Waals surface area contributed by atoms with Crippen molar-refractivity contribution in [1.82, 2.24) is 0 Å². The van der Waals surface area contributed by atoms with Gasteiger partial charge in [0.1, 0.15) is 11.6 Å². The van der Waals surface area contributed by atoms with Crippen LogP contribution in [0.2, 0.25) is 0 Å². The van der Waals surface area contributed by atoms with Gasteiger partial charge in [0.25, 0.3) is 0 Å². The lowest BCUT2D eigenvalue weighted by Crippen LogP contribution is -2.49. The number of hydrogen-bond donors (Lipinski definition) is 1. The molecule has 7 rings (SSSR count). The molecular weight excluding hydrogens is 537 g/mol. The minimum Gasteiger partial charge on any atom is -0.427 e. The predicted molar refractivity (Wildman–Crippen MR) is 175 cm³/mol. The van der Waals surface area contributed by atoms with Gasteiger partial charge in [-0.3, -0.25) is 0 Å². The highest BCUT2D eigenvalue weighted by Crippen LogP contribution is 2.57. The molecule has 0 bridgehead atoms. The average molecular weight is 568 g/mol. The van der Waals surface area contributed by atoms with Crippen molar-refractivity contribution in [3.8, 4) is 44.5 Å². The molecule has 5 heteroatoms. The van der Waals surface area contributed by atoms with Crippen molar-refractivity contribution >= 4 is 34.5 Å². The van der Waals surface area contributed by atoms with E-state index in [1.165, 1.54) is 12.1 Å². The van der Waals surface area contributed by atoms with Gasteiger partial charge in [0.2, 0.25) is 0 Å². The molecule has 6 aromatic carbocycles. The van der Waals surface area contributed by atoms with Crippen molar-refractivity contribution in [2.75, 3.05) is 0 Å². The normalized spacial score (nSPS) is 12.6. The molecule has 0 atom stereocenters. The quantitative estimate of drug-likeness (QED) is 0.203. The number of hydrogen-bond acceptors (Lipinski definition) is 2. The highest BCUT2D eigenvalue weighted by Gasteiger charge is 2.36. The zero-order valence-corrected chi connectivity index (χ0v) is 24.6. The number of aliphatic hydroxyl groups is 1. The molecule has 0 amide bonds. The lowest BCUT2D eigenvalue weighted by atomic mass is 9.79. The van der Waals surface area contributed by atoms with Crippen LogP contribution in [0.15, 0.2) is 103 Å². The Bertz CT molecular complexity index is 1980. The maximum Gasteiger partial charge on any atom is 0.310 e. The summed E-state index contributed by atoms with van der Waals surface area (Å²) in [6, 6.07) is 31.9. The molecule has 43 heavy (non-hydrogen) atoms. The van der Waals surface area contributed by atoms with Gasteiger partial charge < -0.3 is 9.76 Å². The summed E-state index contributed by atoms with van der Waals surface area (Å²) < 4.78 is 37.6. The third kappa shape index (κ3) is 4.22. The fraction of sp³-hybridized carbons (Fsp3) is 0.158. The molecule has 0 spiro atoms. The molecule has 0 saturated carbocycles. The molecule has 0 aromatic heterocycles. The summed E-state index contributed by atoms with van der Waals surface area (Å²) in [5, 5.41) is 14.5. The third-order valence-electron chi connectivity index (χ3n) is 9.23. The van der Waals surface area contributed by atoms with E-state index in [9.17, 15) is 5.11 Å². The molecule has 0 fully saturated rings. The smallest absolute Gasteiger partial charge is 0.310 e. The number of benzene rings is 6. The monoisotopic (exact) mass is 568 g/mol. The molecule has 1 aliphatic rings. The van der Waals surface area contributed by atoms with Crippen molar-refractivity contribution in [2.24, 2.45) is 0 Å². The number of fused-ring (bicyclic) bond motifs is 4. The van der Waals surface area contributed by atoms with Crippen molar-refractivity contribution in [3.05, 3.63) is 115 Å². The van der Waals surface area contributed by atoms with Crippen LogP contribution in [0.4, 0.5) is 8.78 Å². The summed E-state index contributed by atoms with van der Waals surface area (Å²) in [5.74, 6) is -0.612. The Hall–Kier alpha value is -4.32. The lowest BCUT2D eigenvalue weighted by molar-refractivity contribution is -0.0893. The van der Waals surface area contributed by atoms with Crippen LogP contribution in [0.25, 0.3) is 66.1 Å². The Labute approximate surface area is 250 Å². The molecule has 212 valence electrons. The third-order valence-corrected chi connectivity index (χ3v) is 9.23. The largest absolute Gasteiger partial charge is 0.427 e. The van der Waals surface area contributed by atoms with Crippen LogP contribution in [-0.2, 0) is 4.65 Å². The Balaban J connectivity index is 1.59. The molecule has 0 heterocycles. The molecule has 1 N–H and O–H groups in total. The van der Waals surface area contributed by atoms with E-state index in [0.717, 1.165) is 60.4 Å². The van der Waals surface area contributed by atoms with Crippen molar-refractivity contribution < 1.29 is 18.5 Å². The van der Waals surface area contributed by atoms with Gasteiger partial charge in [-0.05, 0) is 89.1 Å². The second-order valence-electron chi connectivity index (χ2n) is 12.4. The van der Waals surface area contributed by atoms with Crippen LogP contribution in [0.3, 0.4) is 0 Å². The van der Waals surface area contributed by atoms with Crippen molar-refractivity contribution in [2.45, 2.75) is 38.9 Å². The zero-order chi connectivity index (χ0) is 30.1. The summed E-state index contributed by atoms with van der Waals surface area (Å²) in [6.07, 6.45) is 0. The van der Waals surface area contributed by atoms with Crippen LogP contribution in [-0.4, -0.2) is 23.8 Å². The maximum atomic E-state index is 15.7. The van der Waals surface area contributed by atoms with Crippen molar-refractivity contribution in [3.63, 3.8) is 0 Å². The average Bonchev–Trinajstić information content (AvgIpc) is 3.31. The first-order valence-electron chi connectivity index (χ1n) is 14.6. The fourth-order valence-electron chi connectivity index (χ4n) is 6.31. The molecule has 6 aromatic rings. The SMILES string of the molecule is CC(C)(O)C(C)(C)OBc1ccc2c3c(cccc13)-c1c-2c(-c2ccccc2F)c2ccccc2c1-c1ccccc1F. The van der Waals surface area contributed by atoms with E-state index in [1.807, 2.05) is 68.4 Å². The molecular formula is C38H31BF2O2. The summed E-state index contributed by atoms with van der Waals surface area (Å²) >= 11 is 0. The molecule has 1 aliphatic carbocycles. The molecule has 0 saturated heterocycles. The highest BCUT2D eigenvalue weighted by molar-refractivity contribution is 6.52. The van der Waals surface area contributed by atoms with Gasteiger partial charge in [0.15, 0.2) is 0 Å². The van der Waals surface area contributed by atoms with E-state index >= 15 is 8.78 Å². The van der Waals surface area contributed by atoms with Crippen LogP contribution < -0.4 is 5.46 Å². The van der Waals surface area contributed by atoms with Crippen LogP contribution >= 0.6 is 0 Å². The zero-order valence-electron chi connectivity index (χ0n) is 24.6. The van der Waals surface area contributed by atoms with Gasteiger partial charge in [-0.2, -0.15) is 0 Å². The van der Waals surface area contributed by atoms with E-state index in [2.05, 4.69) is 24.3 Å². The lowest BCUT2D eigenvalue weighted by Gasteiger charge is -2.37. The Kier molecular flexibility index (Phi) is 6.32. The number of rotatable bonds is 6. The highest BCUT2D eigenvalue weighted by atomic mass is 19.1. The van der Waals surface area contributed by atoms with Gasteiger partial charge in [-0.25, -0.2) is 8.78 Å². The Morgan fingerprint density at radius 2 is 1.00 bits per heavy atom. The fourth-order valence-corrected chi connectivity index (χ4v) is 6.31. The van der Waals surface area contributed by atoms with E-state index in [1.54, 1.807) is 26.0 Å². The first-order valence-corrected chi connectivity index (χ1v) is 14.6.